The molecule has 1 aromatic heterocycles. The van der Waals surface area contributed by atoms with Gasteiger partial charge in [-0.1, -0.05) is 0 Å². The predicted octanol–water partition coefficient (Wildman–Crippen LogP) is -0.627. The van der Waals surface area contributed by atoms with Crippen molar-refractivity contribution in [3.05, 3.63) is 26.9 Å². The highest BCUT2D eigenvalue weighted by molar-refractivity contribution is 7.80. The van der Waals surface area contributed by atoms with Crippen LogP contribution in [0.15, 0.2) is 20.7 Å². The molecule has 11 heavy (non-hydrogen) atoms. The van der Waals surface area contributed by atoms with E-state index in [9.17, 15) is 9.59 Å². The standard InChI is InChI=1S/C6H8N2O2S/c1-7-4(9)3-5(11)8(2)6(7)10/h3,11H,1-2H3. The lowest BCUT2D eigenvalue weighted by Crippen LogP contribution is -2.36. The van der Waals surface area contributed by atoms with E-state index in [0.717, 1.165) is 4.57 Å². The summed E-state index contributed by atoms with van der Waals surface area (Å²) in [6.07, 6.45) is 0. The van der Waals surface area contributed by atoms with E-state index in [0.29, 0.717) is 5.03 Å². The molecule has 4 nitrogen and oxygen atoms in total. The Hall–Kier alpha value is -0.970. The fourth-order valence-corrected chi connectivity index (χ4v) is 0.917. The Bertz CT molecular complexity index is 391. The van der Waals surface area contributed by atoms with Crippen molar-refractivity contribution in [2.75, 3.05) is 0 Å². The van der Waals surface area contributed by atoms with E-state index in [2.05, 4.69) is 12.6 Å². The molecule has 0 saturated carbocycles. The second-order valence-corrected chi connectivity index (χ2v) is 2.70. The van der Waals surface area contributed by atoms with Crippen LogP contribution in [0.3, 0.4) is 0 Å². The summed E-state index contributed by atoms with van der Waals surface area (Å²) in [7, 11) is 2.99. The Morgan fingerprint density at radius 1 is 1.27 bits per heavy atom. The Labute approximate surface area is 68.5 Å². The van der Waals surface area contributed by atoms with Gasteiger partial charge in [-0.25, -0.2) is 4.79 Å². The van der Waals surface area contributed by atoms with Crippen LogP contribution in [0.25, 0.3) is 0 Å². The first-order valence-corrected chi connectivity index (χ1v) is 3.45. The highest BCUT2D eigenvalue weighted by Crippen LogP contribution is 1.94. The van der Waals surface area contributed by atoms with Gasteiger partial charge in [0.1, 0.15) is 0 Å². The number of nitrogens with zero attached hydrogens (tertiary/aromatic N) is 2. The van der Waals surface area contributed by atoms with Gasteiger partial charge in [0.15, 0.2) is 0 Å². The molecule has 0 unspecified atom stereocenters. The second kappa shape index (κ2) is 2.58. The summed E-state index contributed by atoms with van der Waals surface area (Å²) in [5, 5.41) is 0.373. The monoisotopic (exact) mass is 172 g/mol. The van der Waals surface area contributed by atoms with E-state index in [1.54, 1.807) is 7.05 Å². The molecular formula is C6H8N2O2S. The highest BCUT2D eigenvalue weighted by Gasteiger charge is 2.00. The van der Waals surface area contributed by atoms with Crippen LogP contribution in [0.1, 0.15) is 0 Å². The van der Waals surface area contributed by atoms with Gasteiger partial charge in [-0.15, -0.1) is 12.6 Å². The van der Waals surface area contributed by atoms with Crippen LogP contribution in [0.5, 0.6) is 0 Å². The normalized spacial score (nSPS) is 10.1. The fraction of sp³-hybridized carbons (Fsp3) is 0.333. The lowest BCUT2D eigenvalue weighted by molar-refractivity contribution is 0.637. The van der Waals surface area contributed by atoms with Crippen molar-refractivity contribution in [3.8, 4) is 0 Å². The third-order valence-electron chi connectivity index (χ3n) is 1.50. The van der Waals surface area contributed by atoms with Gasteiger partial charge in [-0.05, 0) is 0 Å². The summed E-state index contributed by atoms with van der Waals surface area (Å²) < 4.78 is 2.32. The SMILES string of the molecule is Cn1c(S)cc(=O)n(C)c1=O. The quantitative estimate of drug-likeness (QED) is 0.418. The van der Waals surface area contributed by atoms with Crippen LogP contribution < -0.4 is 11.2 Å². The first-order chi connectivity index (χ1) is 5.04. The smallest absolute Gasteiger partial charge is 0.291 e. The maximum absolute atomic E-state index is 11.1. The molecule has 0 radical (unpaired) electrons. The van der Waals surface area contributed by atoms with E-state index in [-0.39, 0.29) is 11.2 Å². The van der Waals surface area contributed by atoms with Crippen molar-refractivity contribution < 1.29 is 0 Å². The topological polar surface area (TPSA) is 44.0 Å². The van der Waals surface area contributed by atoms with Gasteiger partial charge in [0, 0.05) is 20.2 Å². The minimum Gasteiger partial charge on any atom is -0.291 e. The van der Waals surface area contributed by atoms with E-state index in [1.165, 1.54) is 17.7 Å². The van der Waals surface area contributed by atoms with Gasteiger partial charge in [0.05, 0.1) is 5.03 Å². The highest BCUT2D eigenvalue weighted by atomic mass is 32.1. The molecule has 0 spiro atoms. The summed E-state index contributed by atoms with van der Waals surface area (Å²) in [5.41, 5.74) is -0.694. The second-order valence-electron chi connectivity index (χ2n) is 2.24. The molecule has 0 aromatic carbocycles. The van der Waals surface area contributed by atoms with Gasteiger partial charge < -0.3 is 0 Å². The number of aromatic nitrogens is 2. The maximum atomic E-state index is 11.1. The van der Waals surface area contributed by atoms with Crippen molar-refractivity contribution >= 4 is 12.6 Å². The third-order valence-corrected chi connectivity index (χ3v) is 1.93. The minimum atomic E-state index is -0.359. The average molecular weight is 172 g/mol. The molecular weight excluding hydrogens is 164 g/mol. The maximum Gasteiger partial charge on any atom is 0.331 e. The van der Waals surface area contributed by atoms with Crippen LogP contribution in [-0.4, -0.2) is 9.13 Å². The lowest BCUT2D eigenvalue weighted by Gasteiger charge is -2.02. The zero-order chi connectivity index (χ0) is 8.59. The zero-order valence-electron chi connectivity index (χ0n) is 6.24. The molecule has 0 atom stereocenters. The molecule has 0 saturated heterocycles. The summed E-state index contributed by atoms with van der Waals surface area (Å²) in [5.74, 6) is 0. The van der Waals surface area contributed by atoms with Gasteiger partial charge in [0.25, 0.3) is 5.56 Å². The predicted molar refractivity (Wildman–Crippen MR) is 44.2 cm³/mol. The van der Waals surface area contributed by atoms with Crippen LogP contribution >= 0.6 is 12.6 Å². The number of hydrogen-bond donors (Lipinski definition) is 1. The lowest BCUT2D eigenvalue weighted by atomic mass is 10.6. The fourth-order valence-electron chi connectivity index (χ4n) is 0.721. The molecule has 1 heterocycles. The Morgan fingerprint density at radius 3 is 2.36 bits per heavy atom. The number of thiol groups is 1. The van der Waals surface area contributed by atoms with Gasteiger partial charge in [-0.2, -0.15) is 0 Å². The number of rotatable bonds is 0. The molecule has 0 amide bonds. The molecule has 0 aliphatic rings. The molecule has 0 aliphatic carbocycles. The van der Waals surface area contributed by atoms with E-state index in [4.69, 9.17) is 0 Å². The van der Waals surface area contributed by atoms with Crippen molar-refractivity contribution in [1.82, 2.24) is 9.13 Å². The molecule has 1 aromatic rings. The van der Waals surface area contributed by atoms with Crippen molar-refractivity contribution in [3.63, 3.8) is 0 Å². The van der Waals surface area contributed by atoms with E-state index in [1.807, 2.05) is 0 Å². The minimum absolute atomic E-state index is 0.335. The summed E-state index contributed by atoms with van der Waals surface area (Å²) in [6.45, 7) is 0. The first-order valence-electron chi connectivity index (χ1n) is 3.00. The van der Waals surface area contributed by atoms with Gasteiger partial charge >= 0.3 is 5.69 Å². The van der Waals surface area contributed by atoms with Crippen LogP contribution in [-0.2, 0) is 14.1 Å². The van der Waals surface area contributed by atoms with E-state index >= 15 is 0 Å². The summed E-state index contributed by atoms with van der Waals surface area (Å²) >= 11 is 3.93. The Balaban J connectivity index is 3.74. The van der Waals surface area contributed by atoms with Crippen LogP contribution in [0.4, 0.5) is 0 Å². The largest absolute Gasteiger partial charge is 0.331 e. The Kier molecular flexibility index (Phi) is 1.90. The molecule has 60 valence electrons. The average Bonchev–Trinajstić information content (AvgIpc) is 1.97. The van der Waals surface area contributed by atoms with Crippen molar-refractivity contribution in [1.29, 1.82) is 0 Å². The molecule has 0 fully saturated rings. The first kappa shape index (κ1) is 8.13. The summed E-state index contributed by atoms with van der Waals surface area (Å²) in [4.78, 5) is 22.0. The molecule has 0 bridgehead atoms. The molecule has 0 N–H and O–H groups in total. The summed E-state index contributed by atoms with van der Waals surface area (Å²) in [6, 6.07) is 1.30. The number of hydrogen-bond acceptors (Lipinski definition) is 3. The third kappa shape index (κ3) is 1.23. The van der Waals surface area contributed by atoms with Gasteiger partial charge in [-0.3, -0.25) is 13.9 Å². The van der Waals surface area contributed by atoms with Gasteiger partial charge in [0.2, 0.25) is 0 Å². The molecule has 5 heteroatoms. The zero-order valence-corrected chi connectivity index (χ0v) is 7.13. The van der Waals surface area contributed by atoms with Crippen molar-refractivity contribution in [2.24, 2.45) is 14.1 Å². The van der Waals surface area contributed by atoms with Crippen LogP contribution in [0.2, 0.25) is 0 Å². The molecule has 0 aliphatic heterocycles. The van der Waals surface area contributed by atoms with E-state index < -0.39 is 0 Å². The Morgan fingerprint density at radius 2 is 1.82 bits per heavy atom. The van der Waals surface area contributed by atoms with Crippen LogP contribution in [0, 0.1) is 0 Å². The van der Waals surface area contributed by atoms with Crippen molar-refractivity contribution in [2.45, 2.75) is 5.03 Å². The molecule has 1 rings (SSSR count).